The van der Waals surface area contributed by atoms with Crippen LogP contribution >= 0.6 is 15.9 Å². The van der Waals surface area contributed by atoms with Crippen molar-refractivity contribution in [3.05, 3.63) is 58.7 Å². The third-order valence-corrected chi connectivity index (χ3v) is 6.04. The molecule has 2 atom stereocenters. The average molecular weight is 570 g/mol. The largest absolute Gasteiger partial charge is 0.490 e. The summed E-state index contributed by atoms with van der Waals surface area (Å²) in [5.74, 6) is -3.18. The maximum atomic E-state index is 12.7. The van der Waals surface area contributed by atoms with Crippen LogP contribution in [0, 0.1) is 5.92 Å². The molecule has 36 heavy (non-hydrogen) atoms. The monoisotopic (exact) mass is 569 g/mol. The highest BCUT2D eigenvalue weighted by molar-refractivity contribution is 9.10. The molecule has 2 heterocycles. The number of nitrogens with two attached hydrogens (primary N) is 1. The number of carbonyl (C=O) groups is 3. The Morgan fingerprint density at radius 1 is 1.22 bits per heavy atom. The Morgan fingerprint density at radius 2 is 1.89 bits per heavy atom. The van der Waals surface area contributed by atoms with Crippen LogP contribution in [0.15, 0.2) is 53.1 Å². The van der Waals surface area contributed by atoms with Crippen LogP contribution in [-0.4, -0.2) is 63.3 Å². The van der Waals surface area contributed by atoms with Gasteiger partial charge in [0.15, 0.2) is 0 Å². The molecule has 1 saturated heterocycles. The molecule has 5 N–H and O–H groups in total. The number of carboxylic acid groups (broad SMARTS) is 1. The molecule has 1 aliphatic heterocycles. The number of fused-ring (bicyclic) bond motifs is 1. The molecule has 13 heteroatoms. The van der Waals surface area contributed by atoms with Crippen LogP contribution in [0.4, 0.5) is 18.9 Å². The number of alkyl halides is 3. The lowest BCUT2D eigenvalue weighted by molar-refractivity contribution is -0.192. The number of H-pyrrole nitrogens is 1. The number of hydrogen-bond acceptors (Lipinski definition) is 5. The van der Waals surface area contributed by atoms with E-state index >= 15 is 0 Å². The molecule has 0 spiro atoms. The lowest BCUT2D eigenvalue weighted by Crippen LogP contribution is -2.44. The number of benzene rings is 2. The number of nitrogens with zero attached hydrogens (tertiary/aromatic N) is 2. The second-order valence-electron chi connectivity index (χ2n) is 8.17. The molecule has 2 amide bonds. The van der Waals surface area contributed by atoms with Gasteiger partial charge in [0, 0.05) is 28.6 Å². The summed E-state index contributed by atoms with van der Waals surface area (Å²) in [6, 6.07) is 12.8. The van der Waals surface area contributed by atoms with Crippen LogP contribution < -0.4 is 11.1 Å². The zero-order valence-corrected chi connectivity index (χ0v) is 20.3. The Kier molecular flexibility index (Phi) is 8.69. The Labute approximate surface area is 212 Å². The van der Waals surface area contributed by atoms with Gasteiger partial charge in [-0.2, -0.15) is 18.3 Å². The number of rotatable bonds is 5. The first-order valence-electron chi connectivity index (χ1n) is 10.8. The Morgan fingerprint density at radius 3 is 2.53 bits per heavy atom. The molecule has 192 valence electrons. The van der Waals surface area contributed by atoms with Crippen LogP contribution in [0.1, 0.15) is 12.0 Å². The minimum absolute atomic E-state index is 0.0791. The zero-order chi connectivity index (χ0) is 26.5. The van der Waals surface area contributed by atoms with Gasteiger partial charge in [-0.25, -0.2) is 4.79 Å². The van der Waals surface area contributed by atoms with Gasteiger partial charge in [0.2, 0.25) is 11.8 Å². The fourth-order valence-corrected chi connectivity index (χ4v) is 3.90. The Balaban J connectivity index is 0.000000454. The van der Waals surface area contributed by atoms with Crippen LogP contribution in [-0.2, 0) is 20.8 Å². The van der Waals surface area contributed by atoms with E-state index in [9.17, 15) is 22.8 Å². The lowest BCUT2D eigenvalue weighted by Gasteiger charge is -2.21. The predicted molar refractivity (Wildman–Crippen MR) is 129 cm³/mol. The van der Waals surface area contributed by atoms with E-state index in [0.29, 0.717) is 25.9 Å². The van der Waals surface area contributed by atoms with Crippen molar-refractivity contribution in [3.63, 3.8) is 0 Å². The van der Waals surface area contributed by atoms with Gasteiger partial charge < -0.3 is 21.1 Å². The van der Waals surface area contributed by atoms with E-state index in [1.807, 2.05) is 42.5 Å². The number of anilines is 1. The third-order valence-electron chi connectivity index (χ3n) is 5.51. The number of amides is 2. The number of halogens is 4. The molecule has 9 nitrogen and oxygen atoms in total. The summed E-state index contributed by atoms with van der Waals surface area (Å²) < 4.78 is 32.7. The minimum Gasteiger partial charge on any atom is -0.475 e. The summed E-state index contributed by atoms with van der Waals surface area (Å²) in [4.78, 5) is 35.9. The minimum atomic E-state index is -5.08. The van der Waals surface area contributed by atoms with Crippen molar-refractivity contribution in [2.75, 3.05) is 18.4 Å². The first-order valence-corrected chi connectivity index (χ1v) is 11.6. The summed E-state index contributed by atoms with van der Waals surface area (Å²) in [6.45, 7) is 0.943. The molecule has 1 fully saturated rings. The molecule has 1 aromatic heterocycles. The quantitative estimate of drug-likeness (QED) is 0.371. The van der Waals surface area contributed by atoms with Crippen molar-refractivity contribution >= 4 is 50.3 Å². The van der Waals surface area contributed by atoms with Gasteiger partial charge in [-0.3, -0.25) is 14.7 Å². The smallest absolute Gasteiger partial charge is 0.475 e. The summed E-state index contributed by atoms with van der Waals surface area (Å²) in [5.41, 5.74) is 8.79. The van der Waals surface area contributed by atoms with E-state index < -0.39 is 18.2 Å². The summed E-state index contributed by atoms with van der Waals surface area (Å²) in [6.07, 6.45) is -2.26. The normalized spacial score (nSPS) is 16.2. The van der Waals surface area contributed by atoms with Crippen LogP contribution in [0.2, 0.25) is 0 Å². The SMILES string of the molecule is N[C@@H](Cc1ccc(Br)cc1)C(=O)N1CC[C@H](C(=O)Nc2ccc3[nH]ncc3c2)C1.O=C(O)C(F)(F)F. The van der Waals surface area contributed by atoms with Crippen molar-refractivity contribution < 1.29 is 32.7 Å². The van der Waals surface area contributed by atoms with Gasteiger partial charge >= 0.3 is 12.1 Å². The number of nitrogens with one attached hydrogen (secondary N) is 2. The first-order chi connectivity index (χ1) is 16.9. The van der Waals surface area contributed by atoms with Gasteiger partial charge in [0.1, 0.15) is 0 Å². The van der Waals surface area contributed by atoms with E-state index in [1.54, 1.807) is 11.1 Å². The number of aromatic amines is 1. The second-order valence-corrected chi connectivity index (χ2v) is 9.09. The van der Waals surface area contributed by atoms with Crippen molar-refractivity contribution in [1.29, 1.82) is 0 Å². The molecule has 0 bridgehead atoms. The van der Waals surface area contributed by atoms with Gasteiger partial charge in [0.05, 0.1) is 23.7 Å². The molecule has 3 aromatic rings. The fraction of sp³-hybridized carbons (Fsp3) is 0.304. The molecular formula is C23H23BrF3N5O4. The highest BCUT2D eigenvalue weighted by atomic mass is 79.9. The van der Waals surface area contributed by atoms with Gasteiger partial charge in [-0.15, -0.1) is 0 Å². The lowest BCUT2D eigenvalue weighted by atomic mass is 10.1. The average Bonchev–Trinajstić information content (AvgIpc) is 3.49. The maximum absolute atomic E-state index is 12.7. The second kappa shape index (κ2) is 11.5. The van der Waals surface area contributed by atoms with E-state index in [-0.39, 0.29) is 17.7 Å². The van der Waals surface area contributed by atoms with Crippen molar-refractivity contribution in [1.82, 2.24) is 15.1 Å². The first kappa shape index (κ1) is 27.1. The summed E-state index contributed by atoms with van der Waals surface area (Å²) in [5, 5.41) is 17.9. The van der Waals surface area contributed by atoms with Crippen LogP contribution in [0.3, 0.4) is 0 Å². The number of likely N-dealkylation sites (tertiary alicyclic amines) is 1. The molecule has 0 unspecified atom stereocenters. The van der Waals surface area contributed by atoms with E-state index in [4.69, 9.17) is 15.6 Å². The van der Waals surface area contributed by atoms with Gasteiger partial charge in [0.25, 0.3) is 0 Å². The van der Waals surface area contributed by atoms with Crippen molar-refractivity contribution in [3.8, 4) is 0 Å². The molecular weight excluding hydrogens is 547 g/mol. The van der Waals surface area contributed by atoms with Crippen LogP contribution in [0.25, 0.3) is 10.9 Å². The predicted octanol–water partition coefficient (Wildman–Crippen LogP) is 3.32. The standard InChI is InChI=1S/C21H22BrN5O2.C2HF3O2/c22-16-3-1-13(2-4-16)9-18(23)21(29)27-8-7-14(12-27)20(28)25-17-5-6-19-15(10-17)11-24-26-19;3-2(4,5)1(6)7/h1-6,10-11,14,18H,7-9,12,23H2,(H,24,26)(H,25,28);(H,6,7)/t14-,18-;/m0./s1. The van der Waals surface area contributed by atoms with Crippen molar-refractivity contribution in [2.45, 2.75) is 25.1 Å². The number of aromatic nitrogens is 2. The topological polar surface area (TPSA) is 141 Å². The van der Waals surface area contributed by atoms with Crippen LogP contribution in [0.5, 0.6) is 0 Å². The molecule has 0 saturated carbocycles. The number of aliphatic carboxylic acids is 1. The molecule has 1 aliphatic rings. The fourth-order valence-electron chi connectivity index (χ4n) is 3.64. The summed E-state index contributed by atoms with van der Waals surface area (Å²) in [7, 11) is 0. The highest BCUT2D eigenvalue weighted by Gasteiger charge is 2.38. The Hall–Kier alpha value is -3.45. The van der Waals surface area contributed by atoms with Crippen molar-refractivity contribution in [2.24, 2.45) is 11.7 Å². The van der Waals surface area contributed by atoms with E-state index in [2.05, 4.69) is 31.4 Å². The Bertz CT molecular complexity index is 1230. The summed E-state index contributed by atoms with van der Waals surface area (Å²) >= 11 is 3.40. The highest BCUT2D eigenvalue weighted by Crippen LogP contribution is 2.22. The maximum Gasteiger partial charge on any atom is 0.490 e. The molecule has 4 rings (SSSR count). The third kappa shape index (κ3) is 7.28. The van der Waals surface area contributed by atoms with Gasteiger partial charge in [-0.05, 0) is 48.7 Å². The molecule has 0 aliphatic carbocycles. The van der Waals surface area contributed by atoms with E-state index in [0.717, 1.165) is 26.6 Å². The number of carboxylic acids is 1. The zero-order valence-electron chi connectivity index (χ0n) is 18.8. The number of carbonyl (C=O) groups excluding carboxylic acids is 2. The number of hydrogen-bond donors (Lipinski definition) is 4. The molecule has 0 radical (unpaired) electrons. The molecule has 2 aromatic carbocycles. The van der Waals surface area contributed by atoms with E-state index in [1.165, 1.54) is 0 Å². The van der Waals surface area contributed by atoms with Gasteiger partial charge in [-0.1, -0.05) is 28.1 Å².